The van der Waals surface area contributed by atoms with E-state index in [2.05, 4.69) is 13.2 Å². The summed E-state index contributed by atoms with van der Waals surface area (Å²) in [6, 6.07) is 0. The molecule has 0 fully saturated rings. The van der Waals surface area contributed by atoms with Crippen LogP contribution in [0, 0.1) is 0 Å². The van der Waals surface area contributed by atoms with E-state index >= 15 is 0 Å². The topological polar surface area (TPSA) is 74.2 Å². The van der Waals surface area contributed by atoms with Crippen LogP contribution in [0.15, 0.2) is 25.3 Å². The first kappa shape index (κ1) is 21.5. The first-order chi connectivity index (χ1) is 10.2. The Bertz CT molecular complexity index is 369. The fourth-order valence-electron chi connectivity index (χ4n) is 1.28. The van der Waals surface area contributed by atoms with Crippen molar-refractivity contribution in [3.8, 4) is 0 Å². The molecule has 0 aliphatic rings. The van der Waals surface area contributed by atoms with Crippen molar-refractivity contribution < 1.29 is 32.5 Å². The molecule has 0 aromatic heterocycles. The number of quaternary nitrogens is 1. The van der Waals surface area contributed by atoms with Gasteiger partial charge in [0.05, 0.1) is 47.6 Å². The van der Waals surface area contributed by atoms with Gasteiger partial charge in [-0.3, -0.25) is 9.05 Å². The van der Waals surface area contributed by atoms with Crippen LogP contribution in [0.4, 0.5) is 0 Å². The molecule has 0 aromatic rings. The molecule has 0 saturated heterocycles. The number of rotatable bonds is 14. The minimum absolute atomic E-state index is 0.108. The van der Waals surface area contributed by atoms with Gasteiger partial charge in [0.25, 0.3) is 0 Å². The highest BCUT2D eigenvalue weighted by atomic mass is 31.2. The molecule has 0 bridgehead atoms. The SMILES string of the molecule is C=CCOC[C@H](COP(=O)(O)OCC[N+](C)(C)C)OCC=C. The molecule has 7 nitrogen and oxygen atoms in total. The standard InChI is InChI=1S/C14H28NO6P/c1-6-9-18-12-14(19-10-7-2)13-21-22(16,17)20-11-8-15(3,4)5/h6-7,14H,1-2,8-13H2,3-5H3/p+1/t14-/m1/s1. The van der Waals surface area contributed by atoms with E-state index in [0.717, 1.165) is 0 Å². The number of hydrogen-bond donors (Lipinski definition) is 1. The number of ether oxygens (including phenoxy) is 2. The summed E-state index contributed by atoms with van der Waals surface area (Å²) in [4.78, 5) is 9.63. The van der Waals surface area contributed by atoms with Crippen molar-refractivity contribution in [2.24, 2.45) is 0 Å². The van der Waals surface area contributed by atoms with E-state index in [1.807, 2.05) is 21.1 Å². The zero-order chi connectivity index (χ0) is 17.1. The Kier molecular flexibility index (Phi) is 10.8. The van der Waals surface area contributed by atoms with E-state index in [-0.39, 0.29) is 19.8 Å². The Hall–Kier alpha value is -0.530. The number of nitrogens with zero attached hydrogens (tertiary/aromatic N) is 1. The third-order valence-corrected chi connectivity index (χ3v) is 3.41. The molecule has 22 heavy (non-hydrogen) atoms. The van der Waals surface area contributed by atoms with Gasteiger partial charge in [0.15, 0.2) is 0 Å². The van der Waals surface area contributed by atoms with Gasteiger partial charge in [-0.15, -0.1) is 13.2 Å². The molecule has 1 N–H and O–H groups in total. The van der Waals surface area contributed by atoms with Gasteiger partial charge in [-0.05, 0) is 0 Å². The van der Waals surface area contributed by atoms with Gasteiger partial charge in [-0.25, -0.2) is 4.57 Å². The van der Waals surface area contributed by atoms with Crippen LogP contribution >= 0.6 is 7.82 Å². The minimum atomic E-state index is -4.10. The lowest BCUT2D eigenvalue weighted by molar-refractivity contribution is -0.870. The van der Waals surface area contributed by atoms with Crippen LogP contribution in [-0.4, -0.2) is 76.2 Å². The van der Waals surface area contributed by atoms with Gasteiger partial charge in [-0.2, -0.15) is 0 Å². The second kappa shape index (κ2) is 11.1. The van der Waals surface area contributed by atoms with Gasteiger partial charge < -0.3 is 18.9 Å². The molecule has 8 heteroatoms. The molecule has 0 heterocycles. The minimum Gasteiger partial charge on any atom is -0.375 e. The van der Waals surface area contributed by atoms with Crippen molar-refractivity contribution in [1.82, 2.24) is 0 Å². The van der Waals surface area contributed by atoms with Crippen LogP contribution in [-0.2, 0) is 23.1 Å². The van der Waals surface area contributed by atoms with Gasteiger partial charge >= 0.3 is 7.82 Å². The predicted molar refractivity (Wildman–Crippen MR) is 85.6 cm³/mol. The Morgan fingerprint density at radius 3 is 2.32 bits per heavy atom. The summed E-state index contributed by atoms with van der Waals surface area (Å²) in [6.45, 7) is 8.58. The van der Waals surface area contributed by atoms with Gasteiger partial charge in [-0.1, -0.05) is 12.2 Å². The van der Waals surface area contributed by atoms with Crippen molar-refractivity contribution in [1.29, 1.82) is 0 Å². The lowest BCUT2D eigenvalue weighted by Gasteiger charge is -2.24. The Morgan fingerprint density at radius 1 is 1.14 bits per heavy atom. The molecule has 0 aromatic carbocycles. The highest BCUT2D eigenvalue weighted by Gasteiger charge is 2.24. The second-order valence-corrected chi connectivity index (χ2v) is 7.14. The summed E-state index contributed by atoms with van der Waals surface area (Å²) in [5.74, 6) is 0. The maximum Gasteiger partial charge on any atom is 0.472 e. The third-order valence-electron chi connectivity index (χ3n) is 2.43. The average Bonchev–Trinajstić information content (AvgIpc) is 2.39. The third kappa shape index (κ3) is 13.2. The molecule has 0 rings (SSSR count). The van der Waals surface area contributed by atoms with Crippen molar-refractivity contribution in [3.05, 3.63) is 25.3 Å². The molecule has 0 aliphatic heterocycles. The van der Waals surface area contributed by atoms with Crippen molar-refractivity contribution in [2.45, 2.75) is 6.10 Å². The zero-order valence-corrected chi connectivity index (χ0v) is 14.7. The fourth-order valence-corrected chi connectivity index (χ4v) is 2.02. The fraction of sp³-hybridized carbons (Fsp3) is 0.714. The first-order valence-electron chi connectivity index (χ1n) is 7.03. The summed E-state index contributed by atoms with van der Waals surface area (Å²) in [7, 11) is 1.79. The normalized spacial score (nSPS) is 16.0. The second-order valence-electron chi connectivity index (χ2n) is 5.68. The van der Waals surface area contributed by atoms with Crippen molar-refractivity contribution in [2.75, 3.05) is 60.7 Å². The predicted octanol–water partition coefficient (Wildman–Crippen LogP) is 1.60. The summed E-state index contributed by atoms with van der Waals surface area (Å²) < 4.78 is 32.9. The van der Waals surface area contributed by atoms with E-state index in [1.165, 1.54) is 0 Å². The van der Waals surface area contributed by atoms with Crippen LogP contribution in [0.25, 0.3) is 0 Å². The highest BCUT2D eigenvalue weighted by Crippen LogP contribution is 2.43. The molecule has 2 atom stereocenters. The Morgan fingerprint density at radius 2 is 1.77 bits per heavy atom. The van der Waals surface area contributed by atoms with Crippen LogP contribution in [0.1, 0.15) is 0 Å². The molecule has 0 spiro atoms. The van der Waals surface area contributed by atoms with Crippen LogP contribution in [0.3, 0.4) is 0 Å². The van der Waals surface area contributed by atoms with Crippen LogP contribution in [0.5, 0.6) is 0 Å². The summed E-state index contributed by atoms with van der Waals surface area (Å²) in [5.41, 5.74) is 0. The van der Waals surface area contributed by atoms with E-state index in [1.54, 1.807) is 12.2 Å². The molecule has 0 saturated carbocycles. The maximum absolute atomic E-state index is 11.8. The highest BCUT2D eigenvalue weighted by molar-refractivity contribution is 7.47. The molecular formula is C14H29NO6P+. The van der Waals surface area contributed by atoms with Gasteiger partial charge in [0, 0.05) is 0 Å². The largest absolute Gasteiger partial charge is 0.472 e. The Labute approximate surface area is 133 Å². The van der Waals surface area contributed by atoms with E-state index in [4.69, 9.17) is 18.5 Å². The summed E-state index contributed by atoms with van der Waals surface area (Å²) >= 11 is 0. The molecule has 0 radical (unpaired) electrons. The van der Waals surface area contributed by atoms with Crippen LogP contribution in [0.2, 0.25) is 0 Å². The van der Waals surface area contributed by atoms with Gasteiger partial charge in [0.1, 0.15) is 19.3 Å². The number of likely N-dealkylation sites (N-methyl/N-ethyl adjacent to an activating group) is 1. The van der Waals surface area contributed by atoms with Gasteiger partial charge in [0.2, 0.25) is 0 Å². The van der Waals surface area contributed by atoms with E-state index in [9.17, 15) is 9.46 Å². The average molecular weight is 338 g/mol. The maximum atomic E-state index is 11.8. The van der Waals surface area contributed by atoms with E-state index < -0.39 is 13.9 Å². The molecule has 0 amide bonds. The van der Waals surface area contributed by atoms with Crippen molar-refractivity contribution in [3.63, 3.8) is 0 Å². The summed E-state index contributed by atoms with van der Waals surface area (Å²) in [5, 5.41) is 0. The van der Waals surface area contributed by atoms with Crippen LogP contribution < -0.4 is 0 Å². The smallest absolute Gasteiger partial charge is 0.375 e. The molecule has 1 unspecified atom stereocenters. The monoisotopic (exact) mass is 338 g/mol. The lowest BCUT2D eigenvalue weighted by Crippen LogP contribution is -2.37. The number of phosphoric ester groups is 1. The summed E-state index contributed by atoms with van der Waals surface area (Å²) in [6.07, 6.45) is 2.70. The lowest BCUT2D eigenvalue weighted by atomic mass is 10.4. The number of phosphoric acid groups is 1. The molecule has 130 valence electrons. The Balaban J connectivity index is 4.19. The molecule has 0 aliphatic carbocycles. The number of hydrogen-bond acceptors (Lipinski definition) is 5. The van der Waals surface area contributed by atoms with E-state index in [0.29, 0.717) is 24.2 Å². The molecular weight excluding hydrogens is 309 g/mol. The first-order valence-corrected chi connectivity index (χ1v) is 8.53. The quantitative estimate of drug-likeness (QED) is 0.224. The zero-order valence-electron chi connectivity index (χ0n) is 13.8. The van der Waals surface area contributed by atoms with Crippen molar-refractivity contribution >= 4 is 7.82 Å².